The largest absolute Gasteiger partial charge is 0.355 e. The Morgan fingerprint density at radius 1 is 1.47 bits per heavy atom. The Morgan fingerprint density at radius 3 is 3.24 bits per heavy atom. The van der Waals surface area contributed by atoms with E-state index >= 15 is 0 Å². The molecule has 1 aromatic rings. The van der Waals surface area contributed by atoms with Crippen LogP contribution >= 0.6 is 0 Å². The summed E-state index contributed by atoms with van der Waals surface area (Å²) >= 11 is 0. The quantitative estimate of drug-likeness (QED) is 0.812. The molecule has 2 N–H and O–H groups in total. The maximum absolute atomic E-state index is 11.7. The van der Waals surface area contributed by atoms with E-state index in [1.807, 2.05) is 12.3 Å². The molecule has 2 rings (SSSR count). The third-order valence-corrected chi connectivity index (χ3v) is 3.06. The van der Waals surface area contributed by atoms with Gasteiger partial charge in [-0.2, -0.15) is 0 Å². The van der Waals surface area contributed by atoms with Crippen molar-refractivity contribution in [1.29, 1.82) is 0 Å². The molecule has 0 spiro atoms. The van der Waals surface area contributed by atoms with Crippen LogP contribution in [0.25, 0.3) is 0 Å². The molecule has 1 amide bonds. The van der Waals surface area contributed by atoms with Gasteiger partial charge in [-0.05, 0) is 43.9 Å². The van der Waals surface area contributed by atoms with E-state index in [0.717, 1.165) is 38.8 Å². The summed E-state index contributed by atoms with van der Waals surface area (Å²) < 4.78 is 0. The topological polar surface area (TPSA) is 54.0 Å². The number of carbonyl (C=O) groups excluding carboxylic acids is 1. The lowest BCUT2D eigenvalue weighted by atomic mass is 10.1. The Kier molecular flexibility index (Phi) is 4.50. The first-order valence-corrected chi connectivity index (χ1v) is 6.26. The van der Waals surface area contributed by atoms with Crippen LogP contribution in [-0.2, 0) is 11.2 Å². The first-order chi connectivity index (χ1) is 8.36. The van der Waals surface area contributed by atoms with Gasteiger partial charge in [-0.1, -0.05) is 6.07 Å². The van der Waals surface area contributed by atoms with Crippen LogP contribution in [0.5, 0.6) is 0 Å². The van der Waals surface area contributed by atoms with E-state index in [4.69, 9.17) is 0 Å². The second-order valence-electron chi connectivity index (χ2n) is 4.40. The Morgan fingerprint density at radius 2 is 2.41 bits per heavy atom. The van der Waals surface area contributed by atoms with Gasteiger partial charge in [0.1, 0.15) is 0 Å². The molecule has 17 heavy (non-hydrogen) atoms. The molecule has 0 aliphatic carbocycles. The summed E-state index contributed by atoms with van der Waals surface area (Å²) in [6, 6.07) is 3.98. The van der Waals surface area contributed by atoms with Crippen molar-refractivity contribution in [3.05, 3.63) is 30.1 Å². The lowest BCUT2D eigenvalue weighted by molar-refractivity contribution is -0.122. The maximum atomic E-state index is 11.7. The summed E-state index contributed by atoms with van der Waals surface area (Å²) in [7, 11) is 0. The number of nitrogens with zero attached hydrogens (tertiary/aromatic N) is 1. The third-order valence-electron chi connectivity index (χ3n) is 3.06. The van der Waals surface area contributed by atoms with Crippen molar-refractivity contribution in [3.8, 4) is 0 Å². The molecule has 1 aromatic heterocycles. The summed E-state index contributed by atoms with van der Waals surface area (Å²) in [5, 5.41) is 6.25. The number of aromatic nitrogens is 1. The minimum absolute atomic E-state index is 0.0193. The first kappa shape index (κ1) is 12.0. The van der Waals surface area contributed by atoms with Crippen LogP contribution in [0.1, 0.15) is 24.8 Å². The molecule has 4 nitrogen and oxygen atoms in total. The second kappa shape index (κ2) is 6.35. The summed E-state index contributed by atoms with van der Waals surface area (Å²) in [5.74, 6) is 0.147. The SMILES string of the molecule is O=C1NCCCCC1NCCc1cccnc1. The molecular weight excluding hydrogens is 214 g/mol. The molecule has 4 heteroatoms. The third kappa shape index (κ3) is 3.82. The number of pyridine rings is 1. The molecule has 0 bridgehead atoms. The molecule has 1 atom stereocenters. The highest BCUT2D eigenvalue weighted by atomic mass is 16.2. The van der Waals surface area contributed by atoms with Crippen LogP contribution in [0.3, 0.4) is 0 Å². The zero-order valence-corrected chi connectivity index (χ0v) is 9.98. The smallest absolute Gasteiger partial charge is 0.237 e. The average molecular weight is 233 g/mol. The van der Waals surface area contributed by atoms with Crippen molar-refractivity contribution >= 4 is 5.91 Å². The molecule has 1 aliphatic rings. The fourth-order valence-electron chi connectivity index (χ4n) is 2.07. The predicted molar refractivity (Wildman–Crippen MR) is 66.6 cm³/mol. The van der Waals surface area contributed by atoms with Gasteiger partial charge >= 0.3 is 0 Å². The van der Waals surface area contributed by atoms with Crippen molar-refractivity contribution in [2.75, 3.05) is 13.1 Å². The Hall–Kier alpha value is -1.42. The van der Waals surface area contributed by atoms with Gasteiger partial charge in [0.05, 0.1) is 6.04 Å². The van der Waals surface area contributed by atoms with Crippen LogP contribution in [0, 0.1) is 0 Å². The number of amides is 1. The normalized spacial score (nSPS) is 20.7. The first-order valence-electron chi connectivity index (χ1n) is 6.26. The number of rotatable bonds is 4. The van der Waals surface area contributed by atoms with Gasteiger partial charge in [-0.15, -0.1) is 0 Å². The number of carbonyl (C=O) groups is 1. The second-order valence-corrected chi connectivity index (χ2v) is 4.40. The molecule has 2 heterocycles. The summed E-state index contributed by atoms with van der Waals surface area (Å²) in [6.07, 6.45) is 7.71. The highest BCUT2D eigenvalue weighted by Gasteiger charge is 2.19. The van der Waals surface area contributed by atoms with Crippen LogP contribution in [0.4, 0.5) is 0 Å². The molecule has 1 fully saturated rings. The summed E-state index contributed by atoms with van der Waals surface area (Å²) in [4.78, 5) is 15.7. The lowest BCUT2D eigenvalue weighted by Crippen LogP contribution is -2.43. The molecule has 1 saturated heterocycles. The van der Waals surface area contributed by atoms with E-state index in [1.54, 1.807) is 6.20 Å². The van der Waals surface area contributed by atoms with Crippen LogP contribution in [-0.4, -0.2) is 30.0 Å². The standard InChI is InChI=1S/C13H19N3O/c17-13-12(5-1-2-8-16-13)15-9-6-11-4-3-7-14-10-11/h3-4,7,10,12,15H,1-2,5-6,8-9H2,(H,16,17). The molecule has 0 aromatic carbocycles. The number of hydrogen-bond acceptors (Lipinski definition) is 3. The molecule has 0 radical (unpaired) electrons. The Labute approximate surface area is 102 Å². The van der Waals surface area contributed by atoms with Gasteiger partial charge in [0, 0.05) is 18.9 Å². The molecule has 1 aliphatic heterocycles. The van der Waals surface area contributed by atoms with E-state index in [0.29, 0.717) is 0 Å². The zero-order valence-electron chi connectivity index (χ0n) is 9.98. The monoisotopic (exact) mass is 233 g/mol. The van der Waals surface area contributed by atoms with Gasteiger partial charge in [0.25, 0.3) is 0 Å². The fraction of sp³-hybridized carbons (Fsp3) is 0.538. The average Bonchev–Trinajstić information content (AvgIpc) is 2.56. The highest BCUT2D eigenvalue weighted by molar-refractivity contribution is 5.81. The summed E-state index contributed by atoms with van der Waals surface area (Å²) in [6.45, 7) is 1.64. The van der Waals surface area contributed by atoms with E-state index in [1.165, 1.54) is 5.56 Å². The zero-order chi connectivity index (χ0) is 11.9. The van der Waals surface area contributed by atoms with Crippen molar-refractivity contribution in [2.45, 2.75) is 31.7 Å². The van der Waals surface area contributed by atoms with Crippen LogP contribution in [0.2, 0.25) is 0 Å². The minimum atomic E-state index is -0.0193. The van der Waals surface area contributed by atoms with Crippen molar-refractivity contribution in [1.82, 2.24) is 15.6 Å². The summed E-state index contributed by atoms with van der Waals surface area (Å²) in [5.41, 5.74) is 1.20. The van der Waals surface area contributed by atoms with Gasteiger partial charge in [-0.3, -0.25) is 9.78 Å². The highest BCUT2D eigenvalue weighted by Crippen LogP contribution is 2.05. The number of hydrogen-bond donors (Lipinski definition) is 2. The Balaban J connectivity index is 1.75. The van der Waals surface area contributed by atoms with Crippen molar-refractivity contribution in [3.63, 3.8) is 0 Å². The van der Waals surface area contributed by atoms with Crippen molar-refractivity contribution < 1.29 is 4.79 Å². The van der Waals surface area contributed by atoms with Crippen LogP contribution in [0.15, 0.2) is 24.5 Å². The molecule has 1 unspecified atom stereocenters. The lowest BCUT2D eigenvalue weighted by Gasteiger charge is -2.14. The van der Waals surface area contributed by atoms with Gasteiger partial charge in [-0.25, -0.2) is 0 Å². The van der Waals surface area contributed by atoms with Gasteiger partial charge in [0.2, 0.25) is 5.91 Å². The van der Waals surface area contributed by atoms with E-state index < -0.39 is 0 Å². The fourth-order valence-corrected chi connectivity index (χ4v) is 2.07. The minimum Gasteiger partial charge on any atom is -0.355 e. The van der Waals surface area contributed by atoms with Gasteiger partial charge in [0.15, 0.2) is 0 Å². The van der Waals surface area contributed by atoms with Crippen molar-refractivity contribution in [2.24, 2.45) is 0 Å². The van der Waals surface area contributed by atoms with Gasteiger partial charge < -0.3 is 10.6 Å². The number of nitrogens with one attached hydrogen (secondary N) is 2. The van der Waals surface area contributed by atoms with E-state index in [9.17, 15) is 4.79 Å². The molecular formula is C13H19N3O. The maximum Gasteiger partial charge on any atom is 0.237 e. The molecule has 92 valence electrons. The Bertz CT molecular complexity index is 353. The molecule has 0 saturated carbocycles. The van der Waals surface area contributed by atoms with Crippen LogP contribution < -0.4 is 10.6 Å². The predicted octanol–water partition coefficient (Wildman–Crippen LogP) is 0.882. The van der Waals surface area contributed by atoms with E-state index in [-0.39, 0.29) is 11.9 Å². The van der Waals surface area contributed by atoms with E-state index in [2.05, 4.69) is 21.7 Å².